The van der Waals surface area contributed by atoms with Gasteiger partial charge in [-0.3, -0.25) is 0 Å². The van der Waals surface area contributed by atoms with E-state index in [0.29, 0.717) is 20.4 Å². The largest absolute Gasteiger partial charge is 0.364 e. The molecule has 0 aromatic rings. The summed E-state index contributed by atoms with van der Waals surface area (Å²) in [5.41, 5.74) is 0. The van der Waals surface area contributed by atoms with Crippen LogP contribution in [0.1, 0.15) is 47.0 Å². The molecule has 0 aliphatic heterocycles. The van der Waals surface area contributed by atoms with Crippen LogP contribution in [-0.2, 0) is 0 Å². The molecule has 0 radical (unpaired) electrons. The SMILES string of the molecule is C.CCC[CH2][Mg][CH2]CCC. The first-order chi connectivity index (χ1) is 4.41. The Morgan fingerprint density at radius 1 is 0.900 bits per heavy atom. The minimum atomic E-state index is 0. The molecule has 0 aliphatic rings. The standard InChI is InChI=1S/2C4H9.CH4.Mg/c2*1-3-4-2;;/h2*1,3-4H2,2H3;1H4;. The third-order valence-electron chi connectivity index (χ3n) is 1.71. The van der Waals surface area contributed by atoms with Crippen molar-refractivity contribution in [2.75, 3.05) is 0 Å². The molecule has 0 nitrogen and oxygen atoms in total. The van der Waals surface area contributed by atoms with Gasteiger partial charge in [0.2, 0.25) is 0 Å². The molecule has 0 bridgehead atoms. The second-order valence-electron chi connectivity index (χ2n) is 2.77. The highest BCUT2D eigenvalue weighted by Crippen LogP contribution is 1.99. The lowest BCUT2D eigenvalue weighted by Crippen LogP contribution is -1.87. The molecule has 0 amide bonds. The van der Waals surface area contributed by atoms with E-state index in [1.165, 1.54) is 25.7 Å². The van der Waals surface area contributed by atoms with E-state index in [1.807, 2.05) is 0 Å². The van der Waals surface area contributed by atoms with E-state index in [4.69, 9.17) is 0 Å². The van der Waals surface area contributed by atoms with Gasteiger partial charge in [-0.15, -0.1) is 9.10 Å². The summed E-state index contributed by atoms with van der Waals surface area (Å²) in [6.07, 6.45) is 5.80. The lowest BCUT2D eigenvalue weighted by atomic mass is 10.4. The predicted octanol–water partition coefficient (Wildman–Crippen LogP) is 3.76. The van der Waals surface area contributed by atoms with Gasteiger partial charge < -0.3 is 0 Å². The number of hydrogen-bond donors (Lipinski definition) is 0. The summed E-state index contributed by atoms with van der Waals surface area (Å²) in [5, 5.41) is 0. The van der Waals surface area contributed by atoms with E-state index in [0.717, 1.165) is 0 Å². The maximum absolute atomic E-state index is 2.29. The molecule has 0 fully saturated rings. The van der Waals surface area contributed by atoms with Gasteiger partial charge in [0.15, 0.2) is 0 Å². The fourth-order valence-electron chi connectivity index (χ4n) is 1.03. The molecule has 10 heavy (non-hydrogen) atoms. The van der Waals surface area contributed by atoms with Crippen molar-refractivity contribution in [1.29, 1.82) is 0 Å². The van der Waals surface area contributed by atoms with Gasteiger partial charge in [-0.1, -0.05) is 47.0 Å². The number of unbranched alkanes of at least 4 members (excludes halogenated alkanes) is 2. The Labute approximate surface area is 76.5 Å². The Kier molecular flexibility index (Phi) is 16.6. The van der Waals surface area contributed by atoms with Crippen LogP contribution >= 0.6 is 0 Å². The molecule has 0 N–H and O–H groups in total. The molecular weight excluding hydrogens is 132 g/mol. The van der Waals surface area contributed by atoms with Crippen molar-refractivity contribution in [2.45, 2.75) is 56.1 Å². The summed E-state index contributed by atoms with van der Waals surface area (Å²) < 4.78 is 3.19. The van der Waals surface area contributed by atoms with E-state index < -0.39 is 0 Å². The molecule has 1 heteroatoms. The molecule has 0 aliphatic carbocycles. The van der Waals surface area contributed by atoms with Crippen LogP contribution < -0.4 is 0 Å². The first-order valence-corrected chi connectivity index (χ1v) is 6.41. The summed E-state index contributed by atoms with van der Waals surface area (Å²) in [5.74, 6) is 0. The molecule has 0 saturated carbocycles. The van der Waals surface area contributed by atoms with E-state index >= 15 is 0 Å². The molecule has 0 spiro atoms. The van der Waals surface area contributed by atoms with Gasteiger partial charge in [0.05, 0.1) is 0 Å². The van der Waals surface area contributed by atoms with Gasteiger partial charge in [0.25, 0.3) is 0 Å². The van der Waals surface area contributed by atoms with E-state index in [9.17, 15) is 0 Å². The highest BCUT2D eigenvalue weighted by molar-refractivity contribution is 6.35. The van der Waals surface area contributed by atoms with Crippen LogP contribution in [-0.4, -0.2) is 20.4 Å². The molecule has 0 rings (SSSR count). The van der Waals surface area contributed by atoms with Crippen molar-refractivity contribution >= 4 is 20.4 Å². The summed E-state index contributed by atoms with van der Waals surface area (Å²) in [6, 6.07) is 0. The van der Waals surface area contributed by atoms with Crippen LogP contribution in [0.15, 0.2) is 0 Å². The van der Waals surface area contributed by atoms with Gasteiger partial charge in [0.1, 0.15) is 0 Å². The van der Waals surface area contributed by atoms with Crippen LogP contribution in [0.3, 0.4) is 0 Å². The first kappa shape index (κ1) is 13.4. The van der Waals surface area contributed by atoms with Gasteiger partial charge in [-0.25, -0.2) is 0 Å². The van der Waals surface area contributed by atoms with E-state index in [2.05, 4.69) is 13.8 Å². The minimum absolute atomic E-state index is 0. The maximum Gasteiger partial charge on any atom is 0.364 e. The third kappa shape index (κ3) is 11.5. The Balaban J connectivity index is 0. The summed E-state index contributed by atoms with van der Waals surface area (Å²) in [6.45, 7) is 4.57. The van der Waals surface area contributed by atoms with Gasteiger partial charge in [-0.05, 0) is 0 Å². The number of hydrogen-bond acceptors (Lipinski definition) is 0. The molecular formula is C9H22Mg. The quantitative estimate of drug-likeness (QED) is 0.404. The third-order valence-corrected chi connectivity index (χ3v) is 3.71. The summed E-state index contributed by atoms with van der Waals surface area (Å²) in [7, 11) is 0. The van der Waals surface area contributed by atoms with E-state index in [-0.39, 0.29) is 7.43 Å². The van der Waals surface area contributed by atoms with Crippen molar-refractivity contribution in [2.24, 2.45) is 0 Å². The van der Waals surface area contributed by atoms with Crippen LogP contribution in [0.4, 0.5) is 0 Å². The summed E-state index contributed by atoms with van der Waals surface area (Å²) in [4.78, 5) is 0. The molecule has 0 aromatic carbocycles. The minimum Gasteiger partial charge on any atom is -0.146 e. The van der Waals surface area contributed by atoms with Crippen LogP contribution in [0, 0.1) is 0 Å². The lowest BCUT2D eigenvalue weighted by molar-refractivity contribution is 0.851. The van der Waals surface area contributed by atoms with Crippen molar-refractivity contribution in [3.8, 4) is 0 Å². The van der Waals surface area contributed by atoms with Crippen molar-refractivity contribution in [1.82, 2.24) is 0 Å². The van der Waals surface area contributed by atoms with Crippen molar-refractivity contribution in [3.63, 3.8) is 0 Å². The smallest absolute Gasteiger partial charge is 0.146 e. The Morgan fingerprint density at radius 3 is 1.60 bits per heavy atom. The molecule has 0 aromatic heterocycles. The molecule has 60 valence electrons. The van der Waals surface area contributed by atoms with Crippen LogP contribution in [0.5, 0.6) is 0 Å². The zero-order valence-corrected chi connectivity index (χ0v) is 8.36. The lowest BCUT2D eigenvalue weighted by Gasteiger charge is -1.93. The highest BCUT2D eigenvalue weighted by Gasteiger charge is 1.92. The Hall–Kier alpha value is 0.766. The van der Waals surface area contributed by atoms with Crippen LogP contribution in [0.2, 0.25) is 9.10 Å². The van der Waals surface area contributed by atoms with Gasteiger partial charge in [0, 0.05) is 0 Å². The van der Waals surface area contributed by atoms with Crippen molar-refractivity contribution in [3.05, 3.63) is 0 Å². The average Bonchev–Trinajstić information content (AvgIpc) is 1.89. The van der Waals surface area contributed by atoms with Gasteiger partial charge in [-0.2, -0.15) is 0 Å². The molecule has 0 unspecified atom stereocenters. The Bertz CT molecular complexity index is 38.0. The van der Waals surface area contributed by atoms with E-state index in [1.54, 1.807) is 9.10 Å². The summed E-state index contributed by atoms with van der Waals surface area (Å²) >= 11 is 0.389. The highest BCUT2D eigenvalue weighted by atomic mass is 24.5. The van der Waals surface area contributed by atoms with Crippen molar-refractivity contribution < 1.29 is 0 Å². The monoisotopic (exact) mass is 154 g/mol. The fourth-order valence-corrected chi connectivity index (χ4v) is 3.09. The maximum atomic E-state index is 2.29. The topological polar surface area (TPSA) is 0 Å². The predicted molar refractivity (Wildman–Crippen MR) is 51.9 cm³/mol. The van der Waals surface area contributed by atoms with Crippen LogP contribution in [0.25, 0.3) is 0 Å². The second-order valence-corrected chi connectivity index (χ2v) is 4.89. The average molecular weight is 155 g/mol. The molecule has 0 atom stereocenters. The fraction of sp³-hybridized carbons (Fsp3) is 1.00. The second kappa shape index (κ2) is 12.4. The first-order valence-electron chi connectivity index (χ1n) is 4.41. The normalized spacial score (nSPS) is 8.20. The zero-order valence-electron chi connectivity index (χ0n) is 6.95. The number of rotatable bonds is 6. The zero-order chi connectivity index (χ0) is 6.95. The molecule has 0 saturated heterocycles. The van der Waals surface area contributed by atoms with Gasteiger partial charge >= 0.3 is 20.4 Å². The molecule has 0 heterocycles. The Morgan fingerprint density at radius 2 is 1.30 bits per heavy atom.